The molecule has 1 atom stereocenters. The first-order valence-corrected chi connectivity index (χ1v) is 7.41. The summed E-state index contributed by atoms with van der Waals surface area (Å²) in [7, 11) is 2.10. The second-order valence-corrected chi connectivity index (χ2v) is 5.77. The molecule has 1 fully saturated rings. The zero-order valence-electron chi connectivity index (χ0n) is 12.6. The molecule has 1 amide bonds. The van der Waals surface area contributed by atoms with E-state index in [1.54, 1.807) is 0 Å². The molecule has 1 unspecified atom stereocenters. The van der Waals surface area contributed by atoms with E-state index in [0.29, 0.717) is 0 Å². The molecular weight excluding hydrogens is 264 g/mol. The topological polar surface area (TPSA) is 38.8 Å². The van der Waals surface area contributed by atoms with E-state index in [2.05, 4.69) is 17.4 Å². The molecule has 3 rings (SSSR count). The molecule has 2 heterocycles. The van der Waals surface area contributed by atoms with Crippen LogP contribution in [0.3, 0.4) is 0 Å². The van der Waals surface area contributed by atoms with Crippen LogP contribution in [0.25, 0.3) is 0 Å². The minimum absolute atomic E-state index is 0.176. The van der Waals surface area contributed by atoms with Crippen molar-refractivity contribution in [2.45, 2.75) is 13.0 Å². The van der Waals surface area contributed by atoms with Crippen molar-refractivity contribution in [3.05, 3.63) is 42.1 Å². The maximum absolute atomic E-state index is 12.7. The lowest BCUT2D eigenvalue weighted by atomic mass is 10.1. The molecule has 0 radical (unpaired) electrons. The van der Waals surface area contributed by atoms with Gasteiger partial charge in [-0.25, -0.2) is 5.43 Å². The van der Waals surface area contributed by atoms with Gasteiger partial charge < -0.3 is 9.80 Å². The Hall–Kier alpha value is -1.85. The highest BCUT2D eigenvalue weighted by atomic mass is 16.2. The fourth-order valence-electron chi connectivity index (χ4n) is 2.75. The summed E-state index contributed by atoms with van der Waals surface area (Å²) in [5.74, 6) is 0.176. The van der Waals surface area contributed by atoms with Gasteiger partial charge in [-0.1, -0.05) is 18.2 Å². The van der Waals surface area contributed by atoms with Gasteiger partial charge in [-0.05, 0) is 31.7 Å². The Morgan fingerprint density at radius 1 is 1.14 bits per heavy atom. The van der Waals surface area contributed by atoms with Gasteiger partial charge in [-0.3, -0.25) is 9.80 Å². The summed E-state index contributed by atoms with van der Waals surface area (Å²) < 4.78 is 0. The third-order valence-electron chi connectivity index (χ3n) is 4.15. The van der Waals surface area contributed by atoms with Crippen LogP contribution >= 0.6 is 0 Å². The van der Waals surface area contributed by atoms with Crippen molar-refractivity contribution < 1.29 is 4.79 Å². The lowest BCUT2D eigenvalue weighted by Crippen LogP contribution is -2.54. The zero-order valence-corrected chi connectivity index (χ0v) is 12.6. The summed E-state index contributed by atoms with van der Waals surface area (Å²) >= 11 is 0. The van der Waals surface area contributed by atoms with E-state index in [1.807, 2.05) is 53.4 Å². The Morgan fingerprint density at radius 2 is 1.81 bits per heavy atom. The van der Waals surface area contributed by atoms with Crippen LogP contribution in [-0.4, -0.2) is 55.0 Å². The number of likely N-dealkylation sites (N-methyl/N-ethyl adjacent to an activating group) is 1. The molecule has 1 aromatic carbocycles. The second-order valence-electron chi connectivity index (χ2n) is 5.77. The number of anilines is 1. The van der Waals surface area contributed by atoms with Gasteiger partial charge >= 0.3 is 0 Å². The number of nitrogens with zero attached hydrogens (tertiary/aromatic N) is 3. The smallest absolute Gasteiger partial charge is 0.245 e. The van der Waals surface area contributed by atoms with E-state index in [-0.39, 0.29) is 11.9 Å². The molecule has 2 aliphatic heterocycles. The maximum Gasteiger partial charge on any atom is 0.245 e. The molecule has 5 nitrogen and oxygen atoms in total. The second kappa shape index (κ2) is 5.87. The number of carbonyl (C=O) groups excluding carboxylic acids is 1. The van der Waals surface area contributed by atoms with Gasteiger partial charge in [0, 0.05) is 32.4 Å². The first-order chi connectivity index (χ1) is 10.1. The molecule has 1 N–H and O–H groups in total. The molecule has 112 valence electrons. The van der Waals surface area contributed by atoms with Crippen LogP contribution in [0, 0.1) is 0 Å². The van der Waals surface area contributed by atoms with Crippen molar-refractivity contribution in [1.82, 2.24) is 15.2 Å². The summed E-state index contributed by atoms with van der Waals surface area (Å²) in [6.45, 7) is 5.53. The molecule has 0 aliphatic carbocycles. The van der Waals surface area contributed by atoms with E-state index in [4.69, 9.17) is 0 Å². The van der Waals surface area contributed by atoms with Gasteiger partial charge in [0.2, 0.25) is 5.91 Å². The SMILES string of the molecule is CC1=CN(c2ccccc2)NC1C(=O)N1CCN(C)CC1. The summed E-state index contributed by atoms with van der Waals surface area (Å²) in [6, 6.07) is 9.79. The van der Waals surface area contributed by atoms with Crippen LogP contribution in [0.4, 0.5) is 5.69 Å². The number of benzene rings is 1. The number of rotatable bonds is 2. The van der Waals surface area contributed by atoms with Crippen molar-refractivity contribution >= 4 is 11.6 Å². The van der Waals surface area contributed by atoms with Crippen molar-refractivity contribution in [3.8, 4) is 0 Å². The molecule has 1 aromatic rings. The Kier molecular flexibility index (Phi) is 3.94. The molecule has 0 bridgehead atoms. The minimum atomic E-state index is -0.242. The molecule has 0 saturated carbocycles. The third-order valence-corrected chi connectivity index (χ3v) is 4.15. The number of piperazine rings is 1. The monoisotopic (exact) mass is 286 g/mol. The maximum atomic E-state index is 12.7. The molecule has 2 aliphatic rings. The lowest BCUT2D eigenvalue weighted by molar-refractivity contribution is -0.133. The molecule has 1 saturated heterocycles. The van der Waals surface area contributed by atoms with E-state index < -0.39 is 0 Å². The van der Waals surface area contributed by atoms with Crippen LogP contribution in [0.5, 0.6) is 0 Å². The Labute approximate surface area is 125 Å². The van der Waals surface area contributed by atoms with Gasteiger partial charge in [-0.15, -0.1) is 0 Å². The summed E-state index contributed by atoms with van der Waals surface area (Å²) in [5, 5.41) is 1.94. The Balaban J connectivity index is 1.68. The van der Waals surface area contributed by atoms with Crippen molar-refractivity contribution in [3.63, 3.8) is 0 Å². The number of hydrogen-bond donors (Lipinski definition) is 1. The van der Waals surface area contributed by atoms with Crippen LogP contribution in [0.1, 0.15) is 6.92 Å². The number of hydrogen-bond acceptors (Lipinski definition) is 4. The fourth-order valence-corrected chi connectivity index (χ4v) is 2.75. The first kappa shape index (κ1) is 14.1. The molecule has 5 heteroatoms. The number of para-hydroxylation sites is 1. The van der Waals surface area contributed by atoms with E-state index in [0.717, 1.165) is 37.4 Å². The average molecular weight is 286 g/mol. The fraction of sp³-hybridized carbons (Fsp3) is 0.438. The highest BCUT2D eigenvalue weighted by Gasteiger charge is 2.32. The van der Waals surface area contributed by atoms with Gasteiger partial charge in [0.15, 0.2) is 0 Å². The quantitative estimate of drug-likeness (QED) is 0.882. The van der Waals surface area contributed by atoms with Gasteiger partial charge in [0.25, 0.3) is 0 Å². The Bertz CT molecular complexity index is 534. The predicted molar refractivity (Wildman–Crippen MR) is 83.7 cm³/mol. The lowest BCUT2D eigenvalue weighted by Gasteiger charge is -2.34. The van der Waals surface area contributed by atoms with E-state index >= 15 is 0 Å². The van der Waals surface area contributed by atoms with Gasteiger partial charge in [-0.2, -0.15) is 0 Å². The third kappa shape index (κ3) is 2.94. The highest BCUT2D eigenvalue weighted by Crippen LogP contribution is 2.21. The van der Waals surface area contributed by atoms with Gasteiger partial charge in [0.1, 0.15) is 6.04 Å². The molecular formula is C16H22N4O. The largest absolute Gasteiger partial charge is 0.338 e. The summed E-state index contributed by atoms with van der Waals surface area (Å²) in [6.07, 6.45) is 2.01. The van der Waals surface area contributed by atoms with Crippen LogP contribution in [0.2, 0.25) is 0 Å². The molecule has 21 heavy (non-hydrogen) atoms. The molecule has 0 spiro atoms. The molecule has 0 aromatic heterocycles. The number of hydrazine groups is 1. The summed E-state index contributed by atoms with van der Waals surface area (Å²) in [4.78, 5) is 16.9. The average Bonchev–Trinajstić information content (AvgIpc) is 2.90. The van der Waals surface area contributed by atoms with E-state index in [1.165, 1.54) is 0 Å². The van der Waals surface area contributed by atoms with Crippen molar-refractivity contribution in [2.75, 3.05) is 38.2 Å². The van der Waals surface area contributed by atoms with Crippen LogP contribution in [-0.2, 0) is 4.79 Å². The first-order valence-electron chi connectivity index (χ1n) is 7.41. The minimum Gasteiger partial charge on any atom is -0.338 e. The highest BCUT2D eigenvalue weighted by molar-refractivity contribution is 5.86. The predicted octanol–water partition coefficient (Wildman–Crippen LogP) is 1.06. The van der Waals surface area contributed by atoms with Crippen LogP contribution < -0.4 is 10.4 Å². The normalized spacial score (nSPS) is 23.3. The van der Waals surface area contributed by atoms with E-state index in [9.17, 15) is 4.79 Å². The van der Waals surface area contributed by atoms with Gasteiger partial charge in [0.05, 0.1) is 5.69 Å². The standard InChI is InChI=1S/C16H22N4O/c1-13-12-20(14-6-4-3-5-7-14)17-15(13)16(21)19-10-8-18(2)9-11-19/h3-7,12,15,17H,8-11H2,1-2H3. The Morgan fingerprint density at radius 3 is 2.48 bits per heavy atom. The van der Waals surface area contributed by atoms with Crippen molar-refractivity contribution in [2.24, 2.45) is 0 Å². The number of carbonyl (C=O) groups is 1. The van der Waals surface area contributed by atoms with Crippen molar-refractivity contribution in [1.29, 1.82) is 0 Å². The summed E-state index contributed by atoms with van der Waals surface area (Å²) in [5.41, 5.74) is 5.41. The zero-order chi connectivity index (χ0) is 14.8. The number of nitrogens with one attached hydrogen (secondary N) is 1. The number of amides is 1. The van der Waals surface area contributed by atoms with Crippen LogP contribution in [0.15, 0.2) is 42.1 Å².